The van der Waals surface area contributed by atoms with E-state index in [4.69, 9.17) is 9.47 Å². The number of ether oxygens (including phenoxy) is 2. The first-order valence-corrected chi connectivity index (χ1v) is 10.7. The lowest BCUT2D eigenvalue weighted by atomic mass is 9.90. The van der Waals surface area contributed by atoms with Crippen LogP contribution in [0.5, 0.6) is 0 Å². The molecule has 1 aromatic carbocycles. The molecule has 1 aromatic rings. The number of carbonyl (C=O) groups is 1. The molecular weight excluding hydrogens is 354 g/mol. The van der Waals surface area contributed by atoms with E-state index in [-0.39, 0.29) is 18.0 Å². The Bertz CT molecular complexity index is 640. The zero-order valence-electron chi connectivity index (χ0n) is 16.9. The Morgan fingerprint density at radius 2 is 1.82 bits per heavy atom. The monoisotopic (exact) mass is 387 g/mol. The first kappa shape index (κ1) is 19.7. The summed E-state index contributed by atoms with van der Waals surface area (Å²) in [6, 6.07) is 11.0. The Balaban J connectivity index is 1.23. The molecule has 6 heteroatoms. The molecule has 3 heterocycles. The highest BCUT2D eigenvalue weighted by Gasteiger charge is 2.42. The largest absolute Gasteiger partial charge is 0.347 e. The quantitative estimate of drug-likeness (QED) is 0.863. The maximum absolute atomic E-state index is 12.8. The van der Waals surface area contributed by atoms with Crippen molar-refractivity contribution in [2.45, 2.75) is 51.0 Å². The van der Waals surface area contributed by atoms with Gasteiger partial charge in [-0.25, -0.2) is 4.79 Å². The summed E-state index contributed by atoms with van der Waals surface area (Å²) in [6.45, 7) is 7.93. The molecular formula is C22H33N3O3. The van der Waals surface area contributed by atoms with Crippen LogP contribution in [0.4, 0.5) is 4.79 Å². The predicted octanol–water partition coefficient (Wildman–Crippen LogP) is 2.84. The van der Waals surface area contributed by atoms with E-state index >= 15 is 0 Å². The summed E-state index contributed by atoms with van der Waals surface area (Å²) in [4.78, 5) is 17.3. The molecule has 2 amide bonds. The van der Waals surface area contributed by atoms with Gasteiger partial charge in [0.25, 0.3) is 0 Å². The Hall–Kier alpha value is -1.63. The molecule has 154 valence electrons. The van der Waals surface area contributed by atoms with Gasteiger partial charge >= 0.3 is 6.03 Å². The highest BCUT2D eigenvalue weighted by Crippen LogP contribution is 2.34. The molecule has 1 atom stereocenters. The minimum Gasteiger partial charge on any atom is -0.347 e. The molecule has 0 aliphatic carbocycles. The number of likely N-dealkylation sites (tertiary alicyclic amines) is 2. The third-order valence-corrected chi connectivity index (χ3v) is 6.48. The lowest BCUT2D eigenvalue weighted by Crippen LogP contribution is -2.54. The first-order chi connectivity index (χ1) is 13.6. The fourth-order valence-electron chi connectivity index (χ4n) is 4.70. The molecule has 0 bridgehead atoms. The van der Waals surface area contributed by atoms with Gasteiger partial charge in [0, 0.05) is 44.7 Å². The third-order valence-electron chi connectivity index (χ3n) is 6.48. The minimum atomic E-state index is -0.526. The van der Waals surface area contributed by atoms with Crippen molar-refractivity contribution < 1.29 is 14.3 Å². The molecule has 0 radical (unpaired) electrons. The zero-order valence-corrected chi connectivity index (χ0v) is 16.9. The number of nitrogens with one attached hydrogen (secondary N) is 1. The number of urea groups is 1. The van der Waals surface area contributed by atoms with E-state index in [1.165, 1.54) is 5.56 Å². The normalized spacial score (nSPS) is 26.3. The Kier molecular flexibility index (Phi) is 6.19. The van der Waals surface area contributed by atoms with Crippen molar-refractivity contribution in [3.05, 3.63) is 35.9 Å². The third kappa shape index (κ3) is 4.67. The van der Waals surface area contributed by atoms with Crippen LogP contribution in [0.25, 0.3) is 0 Å². The van der Waals surface area contributed by atoms with Gasteiger partial charge in [-0.15, -0.1) is 0 Å². The maximum atomic E-state index is 12.8. The van der Waals surface area contributed by atoms with Crippen LogP contribution in [0.1, 0.15) is 38.2 Å². The van der Waals surface area contributed by atoms with E-state index in [0.29, 0.717) is 13.2 Å². The van der Waals surface area contributed by atoms with E-state index in [1.807, 2.05) is 11.8 Å². The second-order valence-electron chi connectivity index (χ2n) is 8.48. The van der Waals surface area contributed by atoms with Gasteiger partial charge in [0.15, 0.2) is 5.79 Å². The molecule has 0 spiro atoms. The van der Waals surface area contributed by atoms with Gasteiger partial charge in [0.1, 0.15) is 0 Å². The van der Waals surface area contributed by atoms with Crippen LogP contribution in [0, 0.1) is 5.92 Å². The van der Waals surface area contributed by atoms with Gasteiger partial charge in [0.05, 0.1) is 13.2 Å². The van der Waals surface area contributed by atoms with Crippen molar-refractivity contribution in [3.8, 4) is 0 Å². The Labute approximate surface area is 168 Å². The average Bonchev–Trinajstić information content (AvgIpc) is 3.18. The number of nitrogens with zero attached hydrogens (tertiary/aromatic N) is 2. The van der Waals surface area contributed by atoms with E-state index in [9.17, 15) is 4.79 Å². The molecule has 3 aliphatic rings. The molecule has 3 aliphatic heterocycles. The molecule has 1 unspecified atom stereocenters. The minimum absolute atomic E-state index is 0.0767. The summed E-state index contributed by atoms with van der Waals surface area (Å²) in [7, 11) is 0. The van der Waals surface area contributed by atoms with Crippen LogP contribution < -0.4 is 5.32 Å². The lowest BCUT2D eigenvalue weighted by molar-refractivity contribution is -0.189. The van der Waals surface area contributed by atoms with Crippen molar-refractivity contribution in [3.63, 3.8) is 0 Å². The zero-order chi connectivity index (χ0) is 19.4. The van der Waals surface area contributed by atoms with Crippen molar-refractivity contribution in [2.75, 3.05) is 39.4 Å². The van der Waals surface area contributed by atoms with Crippen LogP contribution in [-0.2, 0) is 16.0 Å². The van der Waals surface area contributed by atoms with Gasteiger partial charge in [-0.1, -0.05) is 30.3 Å². The SMILES string of the molecule is CC1(C2CCCN(C(=O)NC3CCN(Cc4ccccc4)CC3)C2)OCCO1. The lowest BCUT2D eigenvalue weighted by Gasteiger charge is -2.40. The second kappa shape index (κ2) is 8.80. The summed E-state index contributed by atoms with van der Waals surface area (Å²) in [6.07, 6.45) is 4.09. The van der Waals surface area contributed by atoms with Gasteiger partial charge in [0.2, 0.25) is 0 Å². The molecule has 6 nitrogen and oxygen atoms in total. The van der Waals surface area contributed by atoms with E-state index in [0.717, 1.165) is 58.4 Å². The molecule has 28 heavy (non-hydrogen) atoms. The molecule has 3 fully saturated rings. The number of benzene rings is 1. The van der Waals surface area contributed by atoms with Gasteiger partial charge in [-0.2, -0.15) is 0 Å². The van der Waals surface area contributed by atoms with Crippen LogP contribution in [0.2, 0.25) is 0 Å². The molecule has 4 rings (SSSR count). The first-order valence-electron chi connectivity index (χ1n) is 10.7. The van der Waals surface area contributed by atoms with Crippen LogP contribution in [0.3, 0.4) is 0 Å². The second-order valence-corrected chi connectivity index (χ2v) is 8.48. The number of piperidine rings is 2. The number of amides is 2. The summed E-state index contributed by atoms with van der Waals surface area (Å²) in [5.41, 5.74) is 1.36. The molecule has 0 saturated carbocycles. The van der Waals surface area contributed by atoms with Gasteiger partial charge < -0.3 is 19.7 Å². The summed E-state index contributed by atoms with van der Waals surface area (Å²) in [5.74, 6) is -0.274. The number of rotatable bonds is 4. The topological polar surface area (TPSA) is 54.0 Å². The maximum Gasteiger partial charge on any atom is 0.317 e. The highest BCUT2D eigenvalue weighted by molar-refractivity contribution is 5.74. The van der Waals surface area contributed by atoms with Crippen molar-refractivity contribution in [2.24, 2.45) is 5.92 Å². The van der Waals surface area contributed by atoms with Crippen molar-refractivity contribution in [1.29, 1.82) is 0 Å². The van der Waals surface area contributed by atoms with Gasteiger partial charge in [-0.3, -0.25) is 4.90 Å². The van der Waals surface area contributed by atoms with Crippen molar-refractivity contribution in [1.82, 2.24) is 15.1 Å². The highest BCUT2D eigenvalue weighted by atomic mass is 16.7. The summed E-state index contributed by atoms with van der Waals surface area (Å²) >= 11 is 0. The number of hydrogen-bond acceptors (Lipinski definition) is 4. The smallest absolute Gasteiger partial charge is 0.317 e. The summed E-state index contributed by atoms with van der Waals surface area (Å²) in [5, 5.41) is 3.28. The Morgan fingerprint density at radius 3 is 2.54 bits per heavy atom. The predicted molar refractivity (Wildman–Crippen MR) is 108 cm³/mol. The van der Waals surface area contributed by atoms with E-state index < -0.39 is 5.79 Å². The van der Waals surface area contributed by atoms with Gasteiger partial charge in [-0.05, 0) is 38.2 Å². The van der Waals surface area contributed by atoms with E-state index in [2.05, 4.69) is 40.5 Å². The van der Waals surface area contributed by atoms with Crippen LogP contribution in [0.15, 0.2) is 30.3 Å². The fraction of sp³-hybridized carbons (Fsp3) is 0.682. The van der Waals surface area contributed by atoms with Crippen LogP contribution in [-0.4, -0.2) is 67.1 Å². The molecule has 3 saturated heterocycles. The molecule has 1 N–H and O–H groups in total. The summed E-state index contributed by atoms with van der Waals surface area (Å²) < 4.78 is 11.7. The Morgan fingerprint density at radius 1 is 1.11 bits per heavy atom. The molecule has 0 aromatic heterocycles. The average molecular weight is 388 g/mol. The number of hydrogen-bond donors (Lipinski definition) is 1. The fourth-order valence-corrected chi connectivity index (χ4v) is 4.70. The van der Waals surface area contributed by atoms with Crippen LogP contribution >= 0.6 is 0 Å². The standard InChI is InChI=1S/C22H33N3O3/c1-22(27-14-15-28-22)19-8-5-11-25(17-19)21(26)23-20-9-12-24(13-10-20)16-18-6-3-2-4-7-18/h2-4,6-7,19-20H,5,8-17H2,1H3,(H,23,26). The number of carbonyl (C=O) groups excluding carboxylic acids is 1. The van der Waals surface area contributed by atoms with Crippen molar-refractivity contribution >= 4 is 6.03 Å². The van der Waals surface area contributed by atoms with E-state index in [1.54, 1.807) is 0 Å².